The number of anilines is 1. The normalized spacial score (nSPS) is 18.0. The fourth-order valence-electron chi connectivity index (χ4n) is 2.83. The molecule has 0 aliphatic carbocycles. The van der Waals surface area contributed by atoms with Gasteiger partial charge in [0.25, 0.3) is 0 Å². The molecule has 3 heterocycles. The van der Waals surface area contributed by atoms with Crippen LogP contribution in [-0.4, -0.2) is 43.7 Å². The molecule has 1 aliphatic heterocycles. The van der Waals surface area contributed by atoms with Gasteiger partial charge in [-0.2, -0.15) is 11.3 Å². The summed E-state index contributed by atoms with van der Waals surface area (Å²) in [7, 11) is 1.81. The molecule has 5 nitrogen and oxygen atoms in total. The van der Waals surface area contributed by atoms with E-state index < -0.39 is 0 Å². The summed E-state index contributed by atoms with van der Waals surface area (Å²) in [6, 6.07) is 6.25. The van der Waals surface area contributed by atoms with Crippen molar-refractivity contribution in [2.24, 2.45) is 4.99 Å². The summed E-state index contributed by atoms with van der Waals surface area (Å²) in [4.78, 5) is 10.9. The second kappa shape index (κ2) is 8.35. The molecule has 1 aliphatic rings. The lowest BCUT2D eigenvalue weighted by molar-refractivity contribution is 0.648. The number of pyridine rings is 1. The fraction of sp³-hybridized carbons (Fsp3) is 0.412. The van der Waals surface area contributed by atoms with Gasteiger partial charge in [-0.15, -0.1) is 0 Å². The van der Waals surface area contributed by atoms with Gasteiger partial charge < -0.3 is 15.5 Å². The molecular formula is C17H22ClN5S. The largest absolute Gasteiger partial charge is 0.356 e. The summed E-state index contributed by atoms with van der Waals surface area (Å²) < 4.78 is 0. The summed E-state index contributed by atoms with van der Waals surface area (Å²) >= 11 is 7.98. The Morgan fingerprint density at radius 2 is 2.42 bits per heavy atom. The monoisotopic (exact) mass is 363 g/mol. The average molecular weight is 364 g/mol. The lowest BCUT2D eigenvalue weighted by Gasteiger charge is -2.20. The zero-order valence-corrected chi connectivity index (χ0v) is 15.3. The molecule has 0 aromatic carbocycles. The van der Waals surface area contributed by atoms with Crippen molar-refractivity contribution in [3.8, 4) is 0 Å². The Labute approximate surface area is 151 Å². The van der Waals surface area contributed by atoms with Gasteiger partial charge in [-0.25, -0.2) is 4.98 Å². The minimum atomic E-state index is 0.343. The third-order valence-corrected chi connectivity index (χ3v) is 5.10. The SMILES string of the molecule is CN=C(NCCc1ccsc1)NC1CCN(c2ncccc2Cl)C1. The average Bonchev–Trinajstić information content (AvgIpc) is 3.26. The van der Waals surface area contributed by atoms with E-state index >= 15 is 0 Å². The van der Waals surface area contributed by atoms with Crippen LogP contribution in [-0.2, 0) is 6.42 Å². The standard InChI is InChI=1S/C17H22ClN5S/c1-19-17(21-8-4-13-6-10-24-12-13)22-14-5-9-23(11-14)16-15(18)3-2-7-20-16/h2-3,6-7,10,12,14H,4-5,8-9,11H2,1H3,(H2,19,21,22). The van der Waals surface area contributed by atoms with Gasteiger partial charge in [0.15, 0.2) is 5.96 Å². The Balaban J connectivity index is 1.47. The van der Waals surface area contributed by atoms with Crippen LogP contribution in [0, 0.1) is 0 Å². The van der Waals surface area contributed by atoms with E-state index in [0.29, 0.717) is 11.1 Å². The second-order valence-electron chi connectivity index (χ2n) is 5.77. The highest BCUT2D eigenvalue weighted by molar-refractivity contribution is 7.07. The molecule has 2 aromatic heterocycles. The van der Waals surface area contributed by atoms with Crippen molar-refractivity contribution in [2.45, 2.75) is 18.9 Å². The number of hydrogen-bond acceptors (Lipinski definition) is 4. The van der Waals surface area contributed by atoms with E-state index in [1.807, 2.05) is 19.2 Å². The molecule has 3 rings (SSSR count). The van der Waals surface area contributed by atoms with Gasteiger partial charge in [-0.3, -0.25) is 4.99 Å². The topological polar surface area (TPSA) is 52.6 Å². The molecule has 0 amide bonds. The lowest BCUT2D eigenvalue weighted by atomic mass is 10.2. The van der Waals surface area contributed by atoms with Crippen molar-refractivity contribution in [3.05, 3.63) is 45.7 Å². The molecule has 0 saturated carbocycles. The van der Waals surface area contributed by atoms with E-state index in [0.717, 1.165) is 44.3 Å². The molecule has 1 unspecified atom stereocenters. The van der Waals surface area contributed by atoms with Crippen molar-refractivity contribution in [1.29, 1.82) is 0 Å². The van der Waals surface area contributed by atoms with Gasteiger partial charge in [-0.05, 0) is 47.4 Å². The first kappa shape index (κ1) is 17.0. The summed E-state index contributed by atoms with van der Waals surface area (Å²) in [5, 5.41) is 11.9. The summed E-state index contributed by atoms with van der Waals surface area (Å²) in [5.74, 6) is 1.72. The first-order chi connectivity index (χ1) is 11.8. The zero-order valence-electron chi connectivity index (χ0n) is 13.7. The number of halogens is 1. The number of rotatable bonds is 5. The first-order valence-corrected chi connectivity index (χ1v) is 9.42. The number of hydrogen-bond donors (Lipinski definition) is 2. The van der Waals surface area contributed by atoms with Crippen LogP contribution in [0.2, 0.25) is 5.02 Å². The zero-order chi connectivity index (χ0) is 16.8. The van der Waals surface area contributed by atoms with E-state index in [-0.39, 0.29) is 0 Å². The van der Waals surface area contributed by atoms with Crippen LogP contribution in [0.25, 0.3) is 0 Å². The number of nitrogens with one attached hydrogen (secondary N) is 2. The molecule has 0 spiro atoms. The van der Waals surface area contributed by atoms with Gasteiger partial charge in [0.05, 0.1) is 5.02 Å². The maximum atomic E-state index is 6.24. The molecular weight excluding hydrogens is 342 g/mol. The van der Waals surface area contributed by atoms with Gasteiger partial charge in [0.1, 0.15) is 5.82 Å². The molecule has 7 heteroatoms. The van der Waals surface area contributed by atoms with Crippen LogP contribution in [0.4, 0.5) is 5.82 Å². The predicted molar refractivity (Wildman–Crippen MR) is 102 cm³/mol. The highest BCUT2D eigenvalue weighted by Crippen LogP contribution is 2.25. The minimum Gasteiger partial charge on any atom is -0.356 e. The van der Waals surface area contributed by atoms with Gasteiger partial charge >= 0.3 is 0 Å². The Bertz CT molecular complexity index is 673. The minimum absolute atomic E-state index is 0.343. The van der Waals surface area contributed by atoms with Gasteiger partial charge in [-0.1, -0.05) is 11.6 Å². The molecule has 1 saturated heterocycles. The third kappa shape index (κ3) is 4.39. The predicted octanol–water partition coefficient (Wildman–Crippen LogP) is 2.78. The molecule has 2 N–H and O–H groups in total. The van der Waals surface area contributed by atoms with Crippen molar-refractivity contribution < 1.29 is 0 Å². The quantitative estimate of drug-likeness (QED) is 0.633. The molecule has 24 heavy (non-hydrogen) atoms. The Morgan fingerprint density at radius 1 is 1.50 bits per heavy atom. The van der Waals surface area contributed by atoms with E-state index in [1.165, 1.54) is 5.56 Å². The Kier molecular flexibility index (Phi) is 5.93. The highest BCUT2D eigenvalue weighted by atomic mass is 35.5. The number of thiophene rings is 1. The smallest absolute Gasteiger partial charge is 0.191 e. The Hall–Kier alpha value is -1.79. The summed E-state index contributed by atoms with van der Waals surface area (Å²) in [6.45, 7) is 2.70. The number of aliphatic imine (C=N–C) groups is 1. The van der Waals surface area contributed by atoms with Gasteiger partial charge in [0, 0.05) is 38.9 Å². The second-order valence-corrected chi connectivity index (χ2v) is 6.95. The van der Waals surface area contributed by atoms with E-state index in [1.54, 1.807) is 17.5 Å². The molecule has 1 fully saturated rings. The van der Waals surface area contributed by atoms with E-state index in [4.69, 9.17) is 11.6 Å². The number of nitrogens with zero attached hydrogens (tertiary/aromatic N) is 3. The first-order valence-electron chi connectivity index (χ1n) is 8.10. The molecule has 2 aromatic rings. The summed E-state index contributed by atoms with van der Waals surface area (Å²) in [5.41, 5.74) is 1.36. The third-order valence-electron chi connectivity index (χ3n) is 4.08. The van der Waals surface area contributed by atoms with Crippen molar-refractivity contribution in [2.75, 3.05) is 31.6 Å². The van der Waals surface area contributed by atoms with Crippen LogP contribution in [0.3, 0.4) is 0 Å². The van der Waals surface area contributed by atoms with Crippen LogP contribution in [0.5, 0.6) is 0 Å². The molecule has 1 atom stereocenters. The van der Waals surface area contributed by atoms with Crippen molar-refractivity contribution in [3.63, 3.8) is 0 Å². The van der Waals surface area contributed by atoms with Crippen LogP contribution >= 0.6 is 22.9 Å². The molecule has 128 valence electrons. The maximum absolute atomic E-state index is 6.24. The number of aromatic nitrogens is 1. The fourth-order valence-corrected chi connectivity index (χ4v) is 3.77. The lowest BCUT2D eigenvalue weighted by Crippen LogP contribution is -2.45. The Morgan fingerprint density at radius 3 is 3.17 bits per heavy atom. The molecule has 0 bridgehead atoms. The van der Waals surface area contributed by atoms with Crippen LogP contribution in [0.1, 0.15) is 12.0 Å². The van der Waals surface area contributed by atoms with Crippen LogP contribution in [0.15, 0.2) is 40.1 Å². The van der Waals surface area contributed by atoms with E-state index in [2.05, 4.69) is 42.3 Å². The van der Waals surface area contributed by atoms with Crippen molar-refractivity contribution in [1.82, 2.24) is 15.6 Å². The number of guanidine groups is 1. The maximum Gasteiger partial charge on any atom is 0.191 e. The van der Waals surface area contributed by atoms with Gasteiger partial charge in [0.2, 0.25) is 0 Å². The van der Waals surface area contributed by atoms with E-state index in [9.17, 15) is 0 Å². The van der Waals surface area contributed by atoms with Crippen molar-refractivity contribution >= 4 is 34.7 Å². The highest BCUT2D eigenvalue weighted by Gasteiger charge is 2.25. The van der Waals surface area contributed by atoms with Crippen LogP contribution < -0.4 is 15.5 Å². The summed E-state index contributed by atoms with van der Waals surface area (Å²) in [6.07, 6.45) is 3.83. The molecule has 0 radical (unpaired) electrons.